The standard InChI is InChI=1S/C21H20FN3O2/c1-13-6-7-17-15(10-13)12-18(24(17)2)21(27)25-9-8-23-20(26)19(25)14-4-3-5-16(22)11-14/h3-7,10-12,19H,8-9H2,1-2H3,(H,23,26)/t19-/m0/s1. The fourth-order valence-corrected chi connectivity index (χ4v) is 3.71. The number of carbonyl (C=O) groups is 2. The number of carbonyl (C=O) groups excluding carboxylic acids is 2. The SMILES string of the molecule is Cc1ccc2c(c1)cc(C(=O)N1CCNC(=O)[C@@H]1c1cccc(F)c1)n2C. The van der Waals surface area contributed by atoms with Gasteiger partial charge in [-0.1, -0.05) is 23.8 Å². The molecule has 0 unspecified atom stereocenters. The lowest BCUT2D eigenvalue weighted by Gasteiger charge is -2.35. The predicted octanol–water partition coefficient (Wildman–Crippen LogP) is 2.94. The van der Waals surface area contributed by atoms with Gasteiger partial charge in [0.15, 0.2) is 0 Å². The molecular formula is C21H20FN3O2. The number of halogens is 1. The predicted molar refractivity (Wildman–Crippen MR) is 101 cm³/mol. The molecule has 6 heteroatoms. The summed E-state index contributed by atoms with van der Waals surface area (Å²) in [5, 5.41) is 3.75. The lowest BCUT2D eigenvalue weighted by molar-refractivity contribution is -0.128. The number of aryl methyl sites for hydroxylation is 2. The summed E-state index contributed by atoms with van der Waals surface area (Å²) in [4.78, 5) is 27.4. The second-order valence-corrected chi connectivity index (χ2v) is 6.90. The quantitative estimate of drug-likeness (QED) is 0.759. The molecule has 0 bridgehead atoms. The lowest BCUT2D eigenvalue weighted by Crippen LogP contribution is -2.52. The number of nitrogens with one attached hydrogen (secondary N) is 1. The third-order valence-corrected chi connectivity index (χ3v) is 5.05. The molecule has 2 aromatic carbocycles. The van der Waals surface area contributed by atoms with Gasteiger partial charge in [-0.05, 0) is 42.8 Å². The number of benzene rings is 2. The molecule has 2 amide bonds. The van der Waals surface area contributed by atoms with E-state index in [4.69, 9.17) is 0 Å². The Balaban J connectivity index is 1.77. The highest BCUT2D eigenvalue weighted by Gasteiger charge is 2.36. The number of fused-ring (bicyclic) bond motifs is 1. The van der Waals surface area contributed by atoms with Crippen LogP contribution in [0.3, 0.4) is 0 Å². The van der Waals surface area contributed by atoms with Crippen LogP contribution in [0.25, 0.3) is 10.9 Å². The molecule has 1 aromatic heterocycles. The molecule has 0 saturated carbocycles. The van der Waals surface area contributed by atoms with Crippen LogP contribution < -0.4 is 5.32 Å². The number of hydrogen-bond donors (Lipinski definition) is 1. The van der Waals surface area contributed by atoms with E-state index in [0.717, 1.165) is 16.5 Å². The molecule has 1 saturated heterocycles. The second kappa shape index (κ2) is 6.54. The highest BCUT2D eigenvalue weighted by atomic mass is 19.1. The smallest absolute Gasteiger partial charge is 0.271 e. The van der Waals surface area contributed by atoms with Gasteiger partial charge in [-0.15, -0.1) is 0 Å². The summed E-state index contributed by atoms with van der Waals surface area (Å²) in [5.74, 6) is -0.969. The van der Waals surface area contributed by atoms with Crippen molar-refractivity contribution in [3.8, 4) is 0 Å². The second-order valence-electron chi connectivity index (χ2n) is 6.90. The average molecular weight is 365 g/mol. The van der Waals surface area contributed by atoms with Crippen LogP contribution in [-0.4, -0.2) is 34.4 Å². The van der Waals surface area contributed by atoms with Crippen molar-refractivity contribution in [2.75, 3.05) is 13.1 Å². The molecule has 138 valence electrons. The van der Waals surface area contributed by atoms with Crippen LogP contribution in [0.15, 0.2) is 48.5 Å². The normalized spacial score (nSPS) is 17.2. The maximum atomic E-state index is 13.7. The maximum absolute atomic E-state index is 13.7. The maximum Gasteiger partial charge on any atom is 0.271 e. The summed E-state index contributed by atoms with van der Waals surface area (Å²) in [6.45, 7) is 2.74. The van der Waals surface area contributed by atoms with Crippen molar-refractivity contribution in [2.45, 2.75) is 13.0 Å². The van der Waals surface area contributed by atoms with E-state index >= 15 is 0 Å². The number of aromatic nitrogens is 1. The van der Waals surface area contributed by atoms with Crippen molar-refractivity contribution >= 4 is 22.7 Å². The lowest BCUT2D eigenvalue weighted by atomic mass is 10.0. The first kappa shape index (κ1) is 17.3. The van der Waals surface area contributed by atoms with Crippen LogP contribution in [0.2, 0.25) is 0 Å². The Kier molecular flexibility index (Phi) is 4.18. The van der Waals surface area contributed by atoms with Gasteiger partial charge < -0.3 is 14.8 Å². The van der Waals surface area contributed by atoms with E-state index in [-0.39, 0.29) is 11.8 Å². The Morgan fingerprint density at radius 3 is 2.78 bits per heavy atom. The Hall–Kier alpha value is -3.15. The Morgan fingerprint density at radius 2 is 2.00 bits per heavy atom. The van der Waals surface area contributed by atoms with Crippen LogP contribution in [0.5, 0.6) is 0 Å². The zero-order valence-corrected chi connectivity index (χ0v) is 15.2. The Labute approximate surface area is 156 Å². The summed E-state index contributed by atoms with van der Waals surface area (Å²) in [6, 6.07) is 12.9. The molecule has 1 aliphatic rings. The molecule has 4 rings (SSSR count). The molecule has 2 heterocycles. The molecular weight excluding hydrogens is 345 g/mol. The third-order valence-electron chi connectivity index (χ3n) is 5.05. The minimum Gasteiger partial charge on any atom is -0.352 e. The van der Waals surface area contributed by atoms with Crippen LogP contribution in [0.4, 0.5) is 4.39 Å². The van der Waals surface area contributed by atoms with Crippen LogP contribution in [0, 0.1) is 12.7 Å². The minimum absolute atomic E-state index is 0.240. The largest absolute Gasteiger partial charge is 0.352 e. The van der Waals surface area contributed by atoms with Crippen molar-refractivity contribution in [2.24, 2.45) is 7.05 Å². The number of amides is 2. The minimum atomic E-state index is -0.846. The van der Waals surface area contributed by atoms with Crippen molar-refractivity contribution in [1.82, 2.24) is 14.8 Å². The number of nitrogens with zero attached hydrogens (tertiary/aromatic N) is 2. The van der Waals surface area contributed by atoms with E-state index in [1.807, 2.05) is 42.8 Å². The summed E-state index contributed by atoms with van der Waals surface area (Å²) in [7, 11) is 1.84. The molecule has 1 atom stereocenters. The van der Waals surface area contributed by atoms with Gasteiger partial charge in [-0.2, -0.15) is 0 Å². The van der Waals surface area contributed by atoms with Crippen molar-refractivity contribution in [1.29, 1.82) is 0 Å². The van der Waals surface area contributed by atoms with Gasteiger partial charge in [0.25, 0.3) is 5.91 Å². The molecule has 0 aliphatic carbocycles. The molecule has 27 heavy (non-hydrogen) atoms. The summed E-state index contributed by atoms with van der Waals surface area (Å²) in [5.41, 5.74) is 3.04. The third kappa shape index (κ3) is 2.97. The first-order chi connectivity index (χ1) is 13.0. The van der Waals surface area contributed by atoms with Crippen molar-refractivity contribution < 1.29 is 14.0 Å². The van der Waals surface area contributed by atoms with Gasteiger partial charge in [-0.25, -0.2) is 4.39 Å². The van der Waals surface area contributed by atoms with E-state index in [1.165, 1.54) is 17.0 Å². The highest BCUT2D eigenvalue weighted by molar-refractivity contribution is 6.01. The average Bonchev–Trinajstić information content (AvgIpc) is 2.96. The van der Waals surface area contributed by atoms with Crippen LogP contribution in [-0.2, 0) is 11.8 Å². The fourth-order valence-electron chi connectivity index (χ4n) is 3.71. The molecule has 1 aliphatic heterocycles. The van der Waals surface area contributed by atoms with Gasteiger partial charge in [0.1, 0.15) is 17.6 Å². The highest BCUT2D eigenvalue weighted by Crippen LogP contribution is 2.28. The monoisotopic (exact) mass is 365 g/mol. The van der Waals surface area contributed by atoms with Gasteiger partial charge in [-0.3, -0.25) is 9.59 Å². The van der Waals surface area contributed by atoms with Crippen LogP contribution >= 0.6 is 0 Å². The van der Waals surface area contributed by atoms with E-state index in [1.54, 1.807) is 12.1 Å². The summed E-state index contributed by atoms with van der Waals surface area (Å²) >= 11 is 0. The molecule has 1 fully saturated rings. The Bertz CT molecular complexity index is 1060. The van der Waals surface area contributed by atoms with Crippen LogP contribution in [0.1, 0.15) is 27.7 Å². The topological polar surface area (TPSA) is 54.3 Å². The molecule has 1 N–H and O–H groups in total. The van der Waals surface area contributed by atoms with E-state index in [2.05, 4.69) is 5.32 Å². The molecule has 5 nitrogen and oxygen atoms in total. The first-order valence-corrected chi connectivity index (χ1v) is 8.86. The number of piperazine rings is 1. The molecule has 0 spiro atoms. The first-order valence-electron chi connectivity index (χ1n) is 8.86. The molecule has 0 radical (unpaired) electrons. The zero-order chi connectivity index (χ0) is 19.1. The van der Waals surface area contributed by atoms with Crippen molar-refractivity contribution in [3.63, 3.8) is 0 Å². The van der Waals surface area contributed by atoms with Gasteiger partial charge in [0.2, 0.25) is 5.91 Å². The van der Waals surface area contributed by atoms with E-state index in [0.29, 0.717) is 24.3 Å². The van der Waals surface area contributed by atoms with E-state index < -0.39 is 11.9 Å². The zero-order valence-electron chi connectivity index (χ0n) is 15.2. The summed E-state index contributed by atoms with van der Waals surface area (Å²) < 4.78 is 15.5. The fraction of sp³-hybridized carbons (Fsp3) is 0.238. The van der Waals surface area contributed by atoms with Gasteiger partial charge >= 0.3 is 0 Å². The van der Waals surface area contributed by atoms with Gasteiger partial charge in [0, 0.05) is 31.0 Å². The molecule has 3 aromatic rings. The van der Waals surface area contributed by atoms with Gasteiger partial charge in [0.05, 0.1) is 0 Å². The number of rotatable bonds is 2. The van der Waals surface area contributed by atoms with E-state index in [9.17, 15) is 14.0 Å². The van der Waals surface area contributed by atoms with Crippen molar-refractivity contribution in [3.05, 3.63) is 71.2 Å². The summed E-state index contributed by atoms with van der Waals surface area (Å²) in [6.07, 6.45) is 0. The number of hydrogen-bond acceptors (Lipinski definition) is 2. The Morgan fingerprint density at radius 1 is 1.19 bits per heavy atom.